The molecule has 29 heavy (non-hydrogen) atoms. The monoisotopic (exact) mass is 396 g/mol. The van der Waals surface area contributed by atoms with E-state index in [1.165, 1.54) is 0 Å². The number of methoxy groups -OCH3 is 1. The van der Waals surface area contributed by atoms with Crippen LogP contribution in [0.15, 0.2) is 30.3 Å². The minimum atomic E-state index is -1.32. The van der Waals surface area contributed by atoms with E-state index in [4.69, 9.17) is 9.47 Å². The van der Waals surface area contributed by atoms with Gasteiger partial charge in [-0.2, -0.15) is 0 Å². The predicted molar refractivity (Wildman–Crippen MR) is 112 cm³/mol. The summed E-state index contributed by atoms with van der Waals surface area (Å²) in [4.78, 5) is 16.7. The van der Waals surface area contributed by atoms with E-state index in [9.17, 15) is 9.90 Å². The van der Waals surface area contributed by atoms with E-state index in [0.29, 0.717) is 24.3 Å². The standard InChI is InChI=1S/C23H28N2O4/c1-22(2,3)29-21(26)24-18-10-5-6-14-23(18,27)15-13-17-9-7-8-16-11-12-19(28-4)25-20(16)17/h7-9,11-12,18,27H,5-6,10,14H2,1-4H3,(H,24,26). The number of nitrogens with zero attached hydrogens (tertiary/aromatic N) is 1. The van der Waals surface area contributed by atoms with E-state index in [2.05, 4.69) is 22.1 Å². The van der Waals surface area contributed by atoms with Crippen LogP contribution in [0.1, 0.15) is 52.0 Å². The summed E-state index contributed by atoms with van der Waals surface area (Å²) in [5.74, 6) is 6.61. The van der Waals surface area contributed by atoms with Crippen LogP contribution in [0.2, 0.25) is 0 Å². The van der Waals surface area contributed by atoms with Gasteiger partial charge in [0.05, 0.1) is 24.2 Å². The lowest BCUT2D eigenvalue weighted by Gasteiger charge is -2.36. The van der Waals surface area contributed by atoms with Gasteiger partial charge in [-0.3, -0.25) is 0 Å². The maximum atomic E-state index is 12.2. The van der Waals surface area contributed by atoms with Gasteiger partial charge in [-0.15, -0.1) is 0 Å². The number of carbonyl (C=O) groups excluding carboxylic acids is 1. The number of ether oxygens (including phenoxy) is 2. The first-order chi connectivity index (χ1) is 13.7. The van der Waals surface area contributed by atoms with Gasteiger partial charge in [0.15, 0.2) is 0 Å². The van der Waals surface area contributed by atoms with Crippen molar-refractivity contribution in [1.82, 2.24) is 10.3 Å². The van der Waals surface area contributed by atoms with Gasteiger partial charge in [0.1, 0.15) is 11.2 Å². The number of rotatable bonds is 2. The molecule has 2 unspecified atom stereocenters. The third-order valence-electron chi connectivity index (χ3n) is 4.89. The van der Waals surface area contributed by atoms with E-state index in [-0.39, 0.29) is 0 Å². The minimum Gasteiger partial charge on any atom is -0.481 e. The van der Waals surface area contributed by atoms with Gasteiger partial charge in [-0.05, 0) is 52.2 Å². The number of nitrogens with one attached hydrogen (secondary N) is 1. The molecule has 3 rings (SSSR count). The Morgan fingerprint density at radius 3 is 2.79 bits per heavy atom. The second-order valence-electron chi connectivity index (χ2n) is 8.35. The predicted octanol–water partition coefficient (Wildman–Crippen LogP) is 3.79. The lowest BCUT2D eigenvalue weighted by Crippen LogP contribution is -2.54. The fourth-order valence-corrected chi connectivity index (χ4v) is 3.47. The average molecular weight is 396 g/mol. The van der Waals surface area contributed by atoms with Crippen molar-refractivity contribution in [3.05, 3.63) is 35.9 Å². The van der Waals surface area contributed by atoms with Gasteiger partial charge in [-0.25, -0.2) is 9.78 Å². The number of benzene rings is 1. The summed E-state index contributed by atoms with van der Waals surface area (Å²) in [5.41, 5.74) is -0.501. The summed E-state index contributed by atoms with van der Waals surface area (Å²) in [6.07, 6.45) is 2.35. The highest BCUT2D eigenvalue weighted by atomic mass is 16.6. The van der Waals surface area contributed by atoms with Gasteiger partial charge < -0.3 is 19.9 Å². The van der Waals surface area contributed by atoms with Crippen molar-refractivity contribution >= 4 is 17.0 Å². The Balaban J connectivity index is 1.89. The maximum Gasteiger partial charge on any atom is 0.408 e. The van der Waals surface area contributed by atoms with Crippen LogP contribution in [0.3, 0.4) is 0 Å². The molecular weight excluding hydrogens is 368 g/mol. The molecule has 2 N–H and O–H groups in total. The van der Waals surface area contributed by atoms with Crippen LogP contribution in [-0.4, -0.2) is 40.5 Å². The van der Waals surface area contributed by atoms with Crippen LogP contribution >= 0.6 is 0 Å². The number of aromatic nitrogens is 1. The summed E-state index contributed by atoms with van der Waals surface area (Å²) in [5, 5.41) is 15.0. The summed E-state index contributed by atoms with van der Waals surface area (Å²) >= 11 is 0. The Morgan fingerprint density at radius 2 is 2.07 bits per heavy atom. The van der Waals surface area contributed by atoms with Crippen molar-refractivity contribution in [2.45, 2.75) is 63.7 Å². The Labute approximate surface area is 171 Å². The summed E-state index contributed by atoms with van der Waals surface area (Å²) in [7, 11) is 1.57. The third-order valence-corrected chi connectivity index (χ3v) is 4.89. The Bertz CT molecular complexity index is 955. The lowest BCUT2D eigenvalue weighted by atomic mass is 9.80. The number of amides is 1. The molecule has 0 saturated heterocycles. The van der Waals surface area contributed by atoms with Crippen molar-refractivity contribution in [1.29, 1.82) is 0 Å². The van der Waals surface area contributed by atoms with E-state index in [1.54, 1.807) is 33.9 Å². The summed E-state index contributed by atoms with van der Waals surface area (Å²) in [6, 6.07) is 8.96. The van der Waals surface area contributed by atoms with Crippen LogP contribution < -0.4 is 10.1 Å². The SMILES string of the molecule is COc1ccc2cccc(C#CC3(O)CCCCC3NC(=O)OC(C)(C)C)c2n1. The maximum absolute atomic E-state index is 12.2. The van der Waals surface area contributed by atoms with Crippen molar-refractivity contribution in [3.8, 4) is 17.7 Å². The molecule has 1 aliphatic carbocycles. The molecule has 0 aliphatic heterocycles. The Morgan fingerprint density at radius 1 is 1.28 bits per heavy atom. The van der Waals surface area contributed by atoms with E-state index >= 15 is 0 Å². The summed E-state index contributed by atoms with van der Waals surface area (Å²) < 4.78 is 10.6. The molecule has 1 saturated carbocycles. The molecule has 1 aliphatic rings. The average Bonchev–Trinajstić information content (AvgIpc) is 2.66. The van der Waals surface area contributed by atoms with Crippen molar-refractivity contribution in [3.63, 3.8) is 0 Å². The number of alkyl carbamates (subject to hydrolysis) is 1. The first kappa shape index (κ1) is 20.9. The topological polar surface area (TPSA) is 80.7 Å². The quantitative estimate of drug-likeness (QED) is 0.755. The Hall–Kier alpha value is -2.78. The van der Waals surface area contributed by atoms with Crippen LogP contribution in [0.25, 0.3) is 10.9 Å². The smallest absolute Gasteiger partial charge is 0.408 e. The van der Waals surface area contributed by atoms with Gasteiger partial charge in [-0.1, -0.05) is 30.4 Å². The molecule has 1 fully saturated rings. The molecule has 2 atom stereocenters. The largest absolute Gasteiger partial charge is 0.481 e. The number of fused-ring (bicyclic) bond motifs is 1. The normalized spacial score (nSPS) is 21.8. The van der Waals surface area contributed by atoms with Gasteiger partial charge in [0.25, 0.3) is 0 Å². The van der Waals surface area contributed by atoms with Crippen LogP contribution in [-0.2, 0) is 4.74 Å². The van der Waals surface area contributed by atoms with Gasteiger partial charge in [0.2, 0.25) is 5.88 Å². The number of para-hydroxylation sites is 1. The van der Waals surface area contributed by atoms with Gasteiger partial charge >= 0.3 is 6.09 Å². The third kappa shape index (κ3) is 5.18. The highest BCUT2D eigenvalue weighted by molar-refractivity contribution is 5.85. The molecule has 1 aromatic heterocycles. The molecule has 1 aromatic carbocycles. The minimum absolute atomic E-state index is 0.488. The van der Waals surface area contributed by atoms with Crippen LogP contribution in [0, 0.1) is 11.8 Å². The highest BCUT2D eigenvalue weighted by Gasteiger charge is 2.39. The van der Waals surface area contributed by atoms with Crippen molar-refractivity contribution < 1.29 is 19.4 Å². The van der Waals surface area contributed by atoms with E-state index < -0.39 is 23.3 Å². The van der Waals surface area contributed by atoms with Crippen molar-refractivity contribution in [2.75, 3.05) is 7.11 Å². The number of hydrogen-bond acceptors (Lipinski definition) is 5. The molecular formula is C23H28N2O4. The first-order valence-corrected chi connectivity index (χ1v) is 9.89. The lowest BCUT2D eigenvalue weighted by molar-refractivity contribution is 0.00974. The molecule has 1 amide bonds. The Kier molecular flexibility index (Phi) is 5.99. The fraction of sp³-hybridized carbons (Fsp3) is 0.478. The second kappa shape index (κ2) is 8.30. The number of pyridine rings is 1. The zero-order chi connectivity index (χ0) is 21.1. The zero-order valence-electron chi connectivity index (χ0n) is 17.4. The van der Waals surface area contributed by atoms with Crippen LogP contribution in [0.4, 0.5) is 4.79 Å². The van der Waals surface area contributed by atoms with E-state index in [0.717, 1.165) is 23.7 Å². The molecule has 0 bridgehead atoms. The second-order valence-corrected chi connectivity index (χ2v) is 8.35. The number of hydrogen-bond donors (Lipinski definition) is 2. The van der Waals surface area contributed by atoms with Crippen LogP contribution in [0.5, 0.6) is 5.88 Å². The number of aliphatic hydroxyl groups is 1. The zero-order valence-corrected chi connectivity index (χ0v) is 17.4. The molecule has 1 heterocycles. The highest BCUT2D eigenvalue weighted by Crippen LogP contribution is 2.29. The summed E-state index contributed by atoms with van der Waals surface area (Å²) in [6.45, 7) is 5.42. The molecule has 0 radical (unpaired) electrons. The fourth-order valence-electron chi connectivity index (χ4n) is 3.47. The molecule has 0 spiro atoms. The van der Waals surface area contributed by atoms with E-state index in [1.807, 2.05) is 24.3 Å². The van der Waals surface area contributed by atoms with Crippen molar-refractivity contribution in [2.24, 2.45) is 0 Å². The molecule has 6 nitrogen and oxygen atoms in total. The number of carbonyl (C=O) groups is 1. The first-order valence-electron chi connectivity index (χ1n) is 9.89. The molecule has 6 heteroatoms. The molecule has 2 aromatic rings. The molecule has 154 valence electrons. The van der Waals surface area contributed by atoms with Gasteiger partial charge in [0, 0.05) is 11.5 Å².